The normalized spacial score (nSPS) is 16.6. The topological polar surface area (TPSA) is 29.9 Å². The van der Waals surface area contributed by atoms with Crippen molar-refractivity contribution in [3.05, 3.63) is 48.3 Å². The summed E-state index contributed by atoms with van der Waals surface area (Å²) < 4.78 is 2.00. The van der Waals surface area contributed by atoms with Crippen LogP contribution in [0.4, 0.5) is 5.69 Å². The van der Waals surface area contributed by atoms with E-state index in [1.165, 1.54) is 18.4 Å². The van der Waals surface area contributed by atoms with Gasteiger partial charge in [-0.2, -0.15) is 5.10 Å². The SMILES string of the molecule is CC(C)n1cc(NC(c2ccccc2)C2CC2)cn1. The highest BCUT2D eigenvalue weighted by molar-refractivity contribution is 5.42. The molecule has 3 nitrogen and oxygen atoms in total. The molecular formula is C16H21N3. The molecule has 1 fully saturated rings. The second-order valence-electron chi connectivity index (χ2n) is 5.67. The lowest BCUT2D eigenvalue weighted by molar-refractivity contribution is 0.532. The van der Waals surface area contributed by atoms with Gasteiger partial charge < -0.3 is 5.32 Å². The first-order valence-electron chi connectivity index (χ1n) is 7.09. The molecule has 2 aromatic rings. The highest BCUT2D eigenvalue weighted by Crippen LogP contribution is 2.42. The maximum atomic E-state index is 4.40. The minimum Gasteiger partial charge on any atom is -0.375 e. The predicted molar refractivity (Wildman–Crippen MR) is 78.1 cm³/mol. The molecule has 1 N–H and O–H groups in total. The average molecular weight is 255 g/mol. The van der Waals surface area contributed by atoms with E-state index in [1.807, 2.05) is 10.9 Å². The molecule has 1 aromatic carbocycles. The van der Waals surface area contributed by atoms with Gasteiger partial charge in [-0.1, -0.05) is 30.3 Å². The first-order valence-corrected chi connectivity index (χ1v) is 7.09. The van der Waals surface area contributed by atoms with Crippen LogP contribution < -0.4 is 5.32 Å². The van der Waals surface area contributed by atoms with E-state index in [2.05, 4.69) is 60.8 Å². The minimum absolute atomic E-state index is 0.409. The van der Waals surface area contributed by atoms with Crippen LogP contribution in [0.5, 0.6) is 0 Å². The van der Waals surface area contributed by atoms with Gasteiger partial charge in [0.2, 0.25) is 0 Å². The third kappa shape index (κ3) is 2.80. The van der Waals surface area contributed by atoms with Crippen molar-refractivity contribution in [2.24, 2.45) is 5.92 Å². The summed E-state index contributed by atoms with van der Waals surface area (Å²) >= 11 is 0. The Kier molecular flexibility index (Phi) is 3.28. The van der Waals surface area contributed by atoms with E-state index in [0.717, 1.165) is 11.6 Å². The lowest BCUT2D eigenvalue weighted by atomic mass is 10.0. The van der Waals surface area contributed by atoms with E-state index in [-0.39, 0.29) is 0 Å². The summed E-state index contributed by atoms with van der Waals surface area (Å²) in [6, 6.07) is 11.6. The van der Waals surface area contributed by atoms with Gasteiger partial charge in [0, 0.05) is 12.2 Å². The Hall–Kier alpha value is -1.77. The molecule has 0 radical (unpaired) electrons. The molecule has 0 bridgehead atoms. The summed E-state index contributed by atoms with van der Waals surface area (Å²) in [6.07, 6.45) is 6.68. The Morgan fingerprint density at radius 3 is 2.53 bits per heavy atom. The van der Waals surface area contributed by atoms with E-state index in [0.29, 0.717) is 12.1 Å². The maximum absolute atomic E-state index is 4.40. The van der Waals surface area contributed by atoms with Crippen LogP contribution >= 0.6 is 0 Å². The van der Waals surface area contributed by atoms with Crippen molar-refractivity contribution in [3.8, 4) is 0 Å². The smallest absolute Gasteiger partial charge is 0.0731 e. The summed E-state index contributed by atoms with van der Waals surface area (Å²) in [5, 5.41) is 8.05. The van der Waals surface area contributed by atoms with Crippen LogP contribution in [0.25, 0.3) is 0 Å². The quantitative estimate of drug-likeness (QED) is 0.874. The molecule has 0 saturated heterocycles. The van der Waals surface area contributed by atoms with Crippen molar-refractivity contribution in [2.75, 3.05) is 5.32 Å². The zero-order chi connectivity index (χ0) is 13.2. The molecule has 3 heteroatoms. The average Bonchev–Trinajstić information content (AvgIpc) is 3.15. The van der Waals surface area contributed by atoms with Crippen LogP contribution in [-0.2, 0) is 0 Å². The van der Waals surface area contributed by atoms with Crippen molar-refractivity contribution in [3.63, 3.8) is 0 Å². The summed E-state index contributed by atoms with van der Waals surface area (Å²) in [7, 11) is 0. The van der Waals surface area contributed by atoms with Gasteiger partial charge in [-0.15, -0.1) is 0 Å². The number of nitrogens with one attached hydrogen (secondary N) is 1. The molecule has 1 atom stereocenters. The first kappa shape index (κ1) is 12.3. The molecule has 0 spiro atoms. The van der Waals surface area contributed by atoms with Crippen LogP contribution in [0.1, 0.15) is 44.3 Å². The van der Waals surface area contributed by atoms with Crippen molar-refractivity contribution < 1.29 is 0 Å². The molecule has 1 aliphatic carbocycles. The molecule has 19 heavy (non-hydrogen) atoms. The summed E-state index contributed by atoms with van der Waals surface area (Å²) in [4.78, 5) is 0. The fourth-order valence-electron chi connectivity index (χ4n) is 2.44. The molecule has 1 unspecified atom stereocenters. The molecular weight excluding hydrogens is 234 g/mol. The summed E-state index contributed by atoms with van der Waals surface area (Å²) in [5.41, 5.74) is 2.50. The monoisotopic (exact) mass is 255 g/mol. The summed E-state index contributed by atoms with van der Waals surface area (Å²) in [5.74, 6) is 0.768. The van der Waals surface area contributed by atoms with Crippen LogP contribution in [0.3, 0.4) is 0 Å². The Morgan fingerprint density at radius 2 is 1.95 bits per heavy atom. The molecule has 1 saturated carbocycles. The van der Waals surface area contributed by atoms with E-state index >= 15 is 0 Å². The molecule has 1 aliphatic rings. The van der Waals surface area contributed by atoms with Gasteiger partial charge in [0.05, 0.1) is 17.9 Å². The standard InChI is InChI=1S/C16H21N3/c1-12(2)19-11-15(10-17-19)18-16(14-8-9-14)13-6-4-3-5-7-13/h3-7,10-12,14,16,18H,8-9H2,1-2H3. The fourth-order valence-corrected chi connectivity index (χ4v) is 2.44. The number of anilines is 1. The molecule has 1 heterocycles. The molecule has 0 amide bonds. The van der Waals surface area contributed by atoms with Crippen LogP contribution in [-0.4, -0.2) is 9.78 Å². The van der Waals surface area contributed by atoms with Gasteiger partial charge in [-0.05, 0) is 38.2 Å². The van der Waals surface area contributed by atoms with E-state index < -0.39 is 0 Å². The predicted octanol–water partition coefficient (Wildman–Crippen LogP) is 4.03. The van der Waals surface area contributed by atoms with Gasteiger partial charge in [0.1, 0.15) is 0 Å². The van der Waals surface area contributed by atoms with E-state index in [4.69, 9.17) is 0 Å². The molecule has 1 aromatic heterocycles. The first-order chi connectivity index (χ1) is 9.24. The van der Waals surface area contributed by atoms with Gasteiger partial charge >= 0.3 is 0 Å². The number of nitrogens with zero attached hydrogens (tertiary/aromatic N) is 2. The number of rotatable bonds is 5. The van der Waals surface area contributed by atoms with Crippen LogP contribution in [0.15, 0.2) is 42.7 Å². The largest absolute Gasteiger partial charge is 0.375 e. The van der Waals surface area contributed by atoms with Crippen molar-refractivity contribution in [2.45, 2.75) is 38.8 Å². The van der Waals surface area contributed by atoms with E-state index in [1.54, 1.807) is 0 Å². The Bertz CT molecular complexity index is 526. The van der Waals surface area contributed by atoms with Crippen molar-refractivity contribution >= 4 is 5.69 Å². The molecule has 0 aliphatic heterocycles. The van der Waals surface area contributed by atoms with Gasteiger partial charge in [-0.25, -0.2) is 0 Å². The van der Waals surface area contributed by atoms with E-state index in [9.17, 15) is 0 Å². The number of hydrogen-bond acceptors (Lipinski definition) is 2. The minimum atomic E-state index is 0.409. The molecule has 3 rings (SSSR count). The Morgan fingerprint density at radius 1 is 1.21 bits per heavy atom. The van der Waals surface area contributed by atoms with Crippen molar-refractivity contribution in [1.82, 2.24) is 9.78 Å². The second-order valence-corrected chi connectivity index (χ2v) is 5.67. The number of aromatic nitrogens is 2. The Balaban J connectivity index is 1.78. The molecule has 100 valence electrons. The van der Waals surface area contributed by atoms with Gasteiger partial charge in [0.25, 0.3) is 0 Å². The highest BCUT2D eigenvalue weighted by Gasteiger charge is 2.32. The summed E-state index contributed by atoms with van der Waals surface area (Å²) in [6.45, 7) is 4.29. The third-order valence-corrected chi connectivity index (χ3v) is 3.70. The van der Waals surface area contributed by atoms with Gasteiger partial charge in [-0.3, -0.25) is 4.68 Å². The fraction of sp³-hybridized carbons (Fsp3) is 0.438. The highest BCUT2D eigenvalue weighted by atomic mass is 15.3. The third-order valence-electron chi connectivity index (χ3n) is 3.70. The zero-order valence-electron chi connectivity index (χ0n) is 11.6. The number of benzene rings is 1. The van der Waals surface area contributed by atoms with Crippen LogP contribution in [0, 0.1) is 5.92 Å². The van der Waals surface area contributed by atoms with Crippen molar-refractivity contribution in [1.29, 1.82) is 0 Å². The lowest BCUT2D eigenvalue weighted by Gasteiger charge is -2.18. The maximum Gasteiger partial charge on any atom is 0.0731 e. The zero-order valence-corrected chi connectivity index (χ0v) is 11.6. The Labute approximate surface area is 114 Å². The second kappa shape index (κ2) is 5.08. The van der Waals surface area contributed by atoms with Crippen LogP contribution in [0.2, 0.25) is 0 Å². The number of hydrogen-bond donors (Lipinski definition) is 1. The van der Waals surface area contributed by atoms with Gasteiger partial charge in [0.15, 0.2) is 0 Å². The lowest BCUT2D eigenvalue weighted by Crippen LogP contribution is -2.12.